The maximum Gasteiger partial charge on any atom is 0.291 e. The van der Waals surface area contributed by atoms with Crippen LogP contribution in [0.1, 0.15) is 20.9 Å². The minimum absolute atomic E-state index is 0.0859. The summed E-state index contributed by atoms with van der Waals surface area (Å²) in [4.78, 5) is 24.3. The van der Waals surface area contributed by atoms with Gasteiger partial charge in [-0.2, -0.15) is 0 Å². The maximum absolute atomic E-state index is 13.2. The molecule has 25 heavy (non-hydrogen) atoms. The van der Waals surface area contributed by atoms with Crippen molar-refractivity contribution in [3.05, 3.63) is 83.0 Å². The van der Waals surface area contributed by atoms with Crippen LogP contribution in [0.5, 0.6) is 0 Å². The molecule has 0 bridgehead atoms. The zero-order valence-electron chi connectivity index (χ0n) is 12.8. The molecule has 0 aliphatic heterocycles. The normalized spacial score (nSPS) is 10.3. The van der Waals surface area contributed by atoms with Gasteiger partial charge in [0.25, 0.3) is 11.8 Å². The molecule has 3 aromatic rings. The Morgan fingerprint density at radius 1 is 0.920 bits per heavy atom. The van der Waals surface area contributed by atoms with Gasteiger partial charge in [0.2, 0.25) is 0 Å². The van der Waals surface area contributed by atoms with Gasteiger partial charge < -0.3 is 15.1 Å². The SMILES string of the molecule is O=C(Nc1ccc(F)c(Cl)c1)c1cccc(NC(=O)c2ccco2)c1. The van der Waals surface area contributed by atoms with Crippen LogP contribution in [0.4, 0.5) is 15.8 Å². The molecular weight excluding hydrogens is 347 g/mol. The highest BCUT2D eigenvalue weighted by Crippen LogP contribution is 2.20. The Morgan fingerprint density at radius 3 is 2.40 bits per heavy atom. The summed E-state index contributed by atoms with van der Waals surface area (Å²) in [6.45, 7) is 0. The van der Waals surface area contributed by atoms with Crippen molar-refractivity contribution in [3.8, 4) is 0 Å². The quantitative estimate of drug-likeness (QED) is 0.717. The van der Waals surface area contributed by atoms with Crippen LogP contribution in [0.15, 0.2) is 65.3 Å². The molecule has 0 saturated carbocycles. The van der Waals surface area contributed by atoms with Gasteiger partial charge in [-0.25, -0.2) is 4.39 Å². The van der Waals surface area contributed by atoms with Crippen LogP contribution in [0.3, 0.4) is 0 Å². The molecule has 3 rings (SSSR count). The number of benzene rings is 2. The summed E-state index contributed by atoms with van der Waals surface area (Å²) in [7, 11) is 0. The number of anilines is 2. The van der Waals surface area contributed by atoms with Gasteiger partial charge in [0, 0.05) is 16.9 Å². The third-order valence-corrected chi connectivity index (χ3v) is 3.59. The molecule has 0 unspecified atom stereocenters. The average molecular weight is 359 g/mol. The Kier molecular flexibility index (Phi) is 4.81. The van der Waals surface area contributed by atoms with E-state index in [1.54, 1.807) is 24.3 Å². The Labute approximate surface area is 147 Å². The topological polar surface area (TPSA) is 71.3 Å². The molecule has 0 radical (unpaired) electrons. The van der Waals surface area contributed by atoms with Crippen molar-refractivity contribution in [1.82, 2.24) is 0 Å². The highest BCUT2D eigenvalue weighted by Gasteiger charge is 2.12. The minimum atomic E-state index is -0.567. The summed E-state index contributed by atoms with van der Waals surface area (Å²) in [6.07, 6.45) is 1.40. The van der Waals surface area contributed by atoms with Gasteiger partial charge in [0.1, 0.15) is 5.82 Å². The number of nitrogens with one attached hydrogen (secondary N) is 2. The number of amides is 2. The average Bonchev–Trinajstić information content (AvgIpc) is 3.13. The molecule has 5 nitrogen and oxygen atoms in total. The van der Waals surface area contributed by atoms with E-state index >= 15 is 0 Å². The number of halogens is 2. The molecule has 2 amide bonds. The van der Waals surface area contributed by atoms with Crippen LogP contribution in [-0.4, -0.2) is 11.8 Å². The third-order valence-electron chi connectivity index (χ3n) is 3.31. The third kappa shape index (κ3) is 4.05. The van der Waals surface area contributed by atoms with E-state index in [-0.39, 0.29) is 10.8 Å². The summed E-state index contributed by atoms with van der Waals surface area (Å²) in [5, 5.41) is 5.16. The zero-order valence-corrected chi connectivity index (χ0v) is 13.5. The molecule has 126 valence electrons. The summed E-state index contributed by atoms with van der Waals surface area (Å²) in [5.74, 6) is -1.25. The second-order valence-corrected chi connectivity index (χ2v) is 5.50. The molecule has 0 saturated heterocycles. The second kappa shape index (κ2) is 7.19. The van der Waals surface area contributed by atoms with Crippen LogP contribution < -0.4 is 10.6 Å². The Balaban J connectivity index is 1.73. The lowest BCUT2D eigenvalue weighted by Crippen LogP contribution is -2.14. The van der Waals surface area contributed by atoms with Crippen molar-refractivity contribution in [2.24, 2.45) is 0 Å². The zero-order chi connectivity index (χ0) is 17.8. The van der Waals surface area contributed by atoms with Crippen LogP contribution in [-0.2, 0) is 0 Å². The van der Waals surface area contributed by atoms with Crippen molar-refractivity contribution in [1.29, 1.82) is 0 Å². The fourth-order valence-corrected chi connectivity index (χ4v) is 2.30. The first kappa shape index (κ1) is 16.7. The maximum atomic E-state index is 13.2. The number of carbonyl (C=O) groups is 2. The molecule has 0 atom stereocenters. The van der Waals surface area contributed by atoms with Gasteiger partial charge in [0.15, 0.2) is 5.76 Å². The van der Waals surface area contributed by atoms with Gasteiger partial charge >= 0.3 is 0 Å². The fraction of sp³-hybridized carbons (Fsp3) is 0. The van der Waals surface area contributed by atoms with Crippen molar-refractivity contribution in [2.45, 2.75) is 0 Å². The number of carbonyl (C=O) groups excluding carboxylic acids is 2. The summed E-state index contributed by atoms with van der Waals surface area (Å²) < 4.78 is 18.2. The predicted octanol–water partition coefficient (Wildman–Crippen LogP) is 4.58. The number of rotatable bonds is 4. The van der Waals surface area contributed by atoms with Crippen LogP contribution >= 0.6 is 11.6 Å². The Morgan fingerprint density at radius 2 is 1.68 bits per heavy atom. The molecule has 1 heterocycles. The summed E-state index contributed by atoms with van der Waals surface area (Å²) in [5.41, 5.74) is 1.12. The van der Waals surface area contributed by atoms with Gasteiger partial charge in [-0.05, 0) is 48.5 Å². The van der Waals surface area contributed by atoms with Crippen molar-refractivity contribution < 1.29 is 18.4 Å². The lowest BCUT2D eigenvalue weighted by Gasteiger charge is -2.08. The largest absolute Gasteiger partial charge is 0.459 e. The number of hydrogen-bond acceptors (Lipinski definition) is 3. The van der Waals surface area contributed by atoms with E-state index in [2.05, 4.69) is 10.6 Å². The second-order valence-electron chi connectivity index (χ2n) is 5.10. The van der Waals surface area contributed by atoms with E-state index < -0.39 is 17.6 Å². The first-order valence-electron chi connectivity index (χ1n) is 7.24. The lowest BCUT2D eigenvalue weighted by atomic mass is 10.1. The first-order chi connectivity index (χ1) is 12.0. The molecular formula is C18H12ClFN2O3. The smallest absolute Gasteiger partial charge is 0.291 e. The monoisotopic (exact) mass is 358 g/mol. The molecule has 0 aliphatic rings. The number of furan rings is 1. The molecule has 7 heteroatoms. The van der Waals surface area contributed by atoms with Crippen molar-refractivity contribution in [3.63, 3.8) is 0 Å². The van der Waals surface area contributed by atoms with Gasteiger partial charge in [-0.1, -0.05) is 17.7 Å². The molecule has 0 fully saturated rings. The van der Waals surface area contributed by atoms with Gasteiger partial charge in [0.05, 0.1) is 11.3 Å². The van der Waals surface area contributed by atoms with Gasteiger partial charge in [-0.3, -0.25) is 9.59 Å². The first-order valence-corrected chi connectivity index (χ1v) is 7.62. The van der Waals surface area contributed by atoms with E-state index in [0.29, 0.717) is 16.9 Å². The van der Waals surface area contributed by atoms with Gasteiger partial charge in [-0.15, -0.1) is 0 Å². The summed E-state index contributed by atoms with van der Waals surface area (Å²) in [6, 6.07) is 13.4. The molecule has 0 spiro atoms. The molecule has 2 N–H and O–H groups in total. The number of hydrogen-bond donors (Lipinski definition) is 2. The van der Waals surface area contributed by atoms with E-state index in [0.717, 1.165) is 6.07 Å². The Bertz CT molecular complexity index is 926. The van der Waals surface area contributed by atoms with E-state index in [1.807, 2.05) is 0 Å². The van der Waals surface area contributed by atoms with E-state index in [9.17, 15) is 14.0 Å². The van der Waals surface area contributed by atoms with Crippen LogP contribution in [0, 0.1) is 5.82 Å². The molecule has 2 aromatic carbocycles. The van der Waals surface area contributed by atoms with E-state index in [4.69, 9.17) is 16.0 Å². The van der Waals surface area contributed by atoms with E-state index in [1.165, 1.54) is 30.5 Å². The molecule has 0 aliphatic carbocycles. The Hall–Kier alpha value is -3.12. The summed E-state index contributed by atoms with van der Waals surface area (Å²) >= 11 is 5.69. The highest BCUT2D eigenvalue weighted by atomic mass is 35.5. The standard InChI is InChI=1S/C18H12ClFN2O3/c19-14-10-13(6-7-15(14)20)21-17(23)11-3-1-4-12(9-11)22-18(24)16-5-2-8-25-16/h1-10H,(H,21,23)(H,22,24). The van der Waals surface area contributed by atoms with Crippen molar-refractivity contribution in [2.75, 3.05) is 10.6 Å². The van der Waals surface area contributed by atoms with Crippen LogP contribution in [0.25, 0.3) is 0 Å². The highest BCUT2D eigenvalue weighted by molar-refractivity contribution is 6.31. The van der Waals surface area contributed by atoms with Crippen LogP contribution in [0.2, 0.25) is 5.02 Å². The fourth-order valence-electron chi connectivity index (χ4n) is 2.12. The minimum Gasteiger partial charge on any atom is -0.459 e. The lowest BCUT2D eigenvalue weighted by molar-refractivity contribution is 0.0993. The predicted molar refractivity (Wildman–Crippen MR) is 92.5 cm³/mol. The molecule has 1 aromatic heterocycles. The van der Waals surface area contributed by atoms with Crippen molar-refractivity contribution >= 4 is 34.8 Å².